The molecule has 0 amide bonds. The predicted octanol–water partition coefficient (Wildman–Crippen LogP) is 4.52. The first kappa shape index (κ1) is 23.5. The summed E-state index contributed by atoms with van der Waals surface area (Å²) in [7, 11) is 0. The molecule has 8 heteroatoms. The van der Waals surface area contributed by atoms with E-state index in [1.54, 1.807) is 26.2 Å². The lowest BCUT2D eigenvalue weighted by Crippen LogP contribution is -2.22. The van der Waals surface area contributed by atoms with E-state index in [0.717, 1.165) is 12.8 Å². The molecule has 0 aliphatic carbocycles. The zero-order valence-corrected chi connectivity index (χ0v) is 18.6. The molecule has 0 radical (unpaired) electrons. The smallest absolute Gasteiger partial charge is 0.333 e. The van der Waals surface area contributed by atoms with Crippen LogP contribution in [0, 0.1) is 0 Å². The third-order valence-electron chi connectivity index (χ3n) is 5.38. The molecule has 2 aromatic rings. The maximum atomic E-state index is 12.6. The topological polar surface area (TPSA) is 105 Å². The zero-order valence-electron chi connectivity index (χ0n) is 18.6. The van der Waals surface area contributed by atoms with Crippen LogP contribution in [-0.4, -0.2) is 34.1 Å². The maximum Gasteiger partial charge on any atom is 0.333 e. The van der Waals surface area contributed by atoms with E-state index in [9.17, 15) is 9.59 Å². The van der Waals surface area contributed by atoms with Crippen LogP contribution in [0.1, 0.15) is 63.9 Å². The lowest BCUT2D eigenvalue weighted by atomic mass is 10.0. The minimum atomic E-state index is -0.321. The minimum absolute atomic E-state index is 0.321. The third-order valence-corrected chi connectivity index (χ3v) is 5.38. The van der Waals surface area contributed by atoms with Crippen molar-refractivity contribution in [2.45, 2.75) is 77.4 Å². The number of aromatic nitrogens is 2. The predicted molar refractivity (Wildman–Crippen MR) is 115 cm³/mol. The summed E-state index contributed by atoms with van der Waals surface area (Å²) in [6, 6.07) is 0. The second-order valence-electron chi connectivity index (χ2n) is 8.03. The second kappa shape index (κ2) is 12.0. The summed E-state index contributed by atoms with van der Waals surface area (Å²) < 4.78 is 22.1. The van der Waals surface area contributed by atoms with Crippen molar-refractivity contribution in [2.75, 3.05) is 0 Å². The van der Waals surface area contributed by atoms with E-state index in [1.165, 1.54) is 12.8 Å². The van der Waals surface area contributed by atoms with Crippen LogP contribution >= 0.6 is 0 Å². The first-order chi connectivity index (χ1) is 15.5. The van der Waals surface area contributed by atoms with E-state index in [1.807, 2.05) is 12.2 Å². The summed E-state index contributed by atoms with van der Waals surface area (Å²) in [5.41, 5.74) is 1.14. The molecule has 1 aliphatic rings. The van der Waals surface area contributed by atoms with Crippen molar-refractivity contribution in [3.8, 4) is 0 Å². The first-order valence-corrected chi connectivity index (χ1v) is 11.0. The molecule has 0 bridgehead atoms. The van der Waals surface area contributed by atoms with Gasteiger partial charge in [-0.05, 0) is 52.4 Å². The van der Waals surface area contributed by atoms with Crippen molar-refractivity contribution in [1.82, 2.24) is 9.97 Å². The number of allylic oxidation sites excluding steroid dienone is 2. The molecule has 0 saturated carbocycles. The summed E-state index contributed by atoms with van der Waals surface area (Å²) in [6.45, 7) is 3.52. The number of rotatable bonds is 4. The Bertz CT molecular complexity index is 838. The molecule has 0 fully saturated rings. The van der Waals surface area contributed by atoms with Crippen LogP contribution in [-0.2, 0) is 31.9 Å². The highest BCUT2D eigenvalue weighted by atomic mass is 16.5. The molecular formula is C24H30N2O6. The molecule has 0 unspecified atom stereocenters. The lowest BCUT2D eigenvalue weighted by molar-refractivity contribution is -0.145. The summed E-state index contributed by atoms with van der Waals surface area (Å²) in [5.74, 6) is 0.704. The Morgan fingerprint density at radius 2 is 1.22 bits per heavy atom. The van der Waals surface area contributed by atoms with Gasteiger partial charge in [-0.3, -0.25) is 0 Å². The summed E-state index contributed by atoms with van der Waals surface area (Å²) in [6.07, 6.45) is 14.2. The molecule has 2 aromatic heterocycles. The molecule has 0 spiro atoms. The fourth-order valence-corrected chi connectivity index (χ4v) is 3.52. The van der Waals surface area contributed by atoms with Crippen LogP contribution in [0.5, 0.6) is 0 Å². The van der Waals surface area contributed by atoms with Crippen LogP contribution in [0.3, 0.4) is 0 Å². The number of cyclic esters (lactones) is 2. The molecule has 3 rings (SSSR count). The van der Waals surface area contributed by atoms with Gasteiger partial charge in [-0.15, -0.1) is 0 Å². The van der Waals surface area contributed by atoms with Gasteiger partial charge in [0.2, 0.25) is 0 Å². The average Bonchev–Trinajstić information content (AvgIpc) is 3.47. The Hall–Kier alpha value is -3.16. The van der Waals surface area contributed by atoms with Crippen LogP contribution in [0.4, 0.5) is 0 Å². The van der Waals surface area contributed by atoms with Crippen LogP contribution in [0.25, 0.3) is 0 Å². The van der Waals surface area contributed by atoms with E-state index in [2.05, 4.69) is 9.97 Å². The standard InChI is InChI=1S/C24H30N2O6/c1-17-7-3-5-9-20(12-22-14-26-16-30-22)32-24(28)18(2)8-4-6-10-19(31-23(17)27)11-21-13-25-15-29-21/h7-8,13-16,19-20H,3-6,9-12H2,1-2H3/t19-,20-/m1/s1. The van der Waals surface area contributed by atoms with Gasteiger partial charge in [-0.25, -0.2) is 19.6 Å². The highest BCUT2D eigenvalue weighted by Crippen LogP contribution is 2.18. The Morgan fingerprint density at radius 3 is 1.59 bits per heavy atom. The quantitative estimate of drug-likeness (QED) is 0.637. The van der Waals surface area contributed by atoms with Crippen molar-refractivity contribution in [3.63, 3.8) is 0 Å². The lowest BCUT2D eigenvalue weighted by Gasteiger charge is -2.18. The number of carbonyl (C=O) groups is 2. The molecule has 32 heavy (non-hydrogen) atoms. The monoisotopic (exact) mass is 442 g/mol. The number of hydrogen-bond acceptors (Lipinski definition) is 8. The second-order valence-corrected chi connectivity index (χ2v) is 8.03. The van der Waals surface area contributed by atoms with Gasteiger partial charge in [0.15, 0.2) is 12.8 Å². The van der Waals surface area contributed by atoms with E-state index < -0.39 is 0 Å². The van der Waals surface area contributed by atoms with Crippen molar-refractivity contribution >= 4 is 11.9 Å². The van der Waals surface area contributed by atoms with Gasteiger partial charge in [0.05, 0.1) is 12.4 Å². The molecule has 3 heterocycles. The van der Waals surface area contributed by atoms with Crippen molar-refractivity contribution in [2.24, 2.45) is 0 Å². The Labute approximate surface area is 187 Å². The first-order valence-electron chi connectivity index (χ1n) is 11.0. The molecule has 8 nitrogen and oxygen atoms in total. The van der Waals surface area contributed by atoms with E-state index in [4.69, 9.17) is 18.3 Å². The van der Waals surface area contributed by atoms with Gasteiger partial charge in [0.25, 0.3) is 0 Å². The Morgan fingerprint density at radius 1 is 0.781 bits per heavy atom. The number of oxazole rings is 2. The highest BCUT2D eigenvalue weighted by Gasteiger charge is 2.20. The number of esters is 2. The SMILES string of the molecule is CC1=CCCC[C@H](Cc2cnco2)OC(=O)C(C)=CCCC[C@H](Cc2cnco2)OC1=O. The average molecular weight is 443 g/mol. The van der Waals surface area contributed by atoms with Crippen LogP contribution < -0.4 is 0 Å². The van der Waals surface area contributed by atoms with E-state index in [-0.39, 0.29) is 24.1 Å². The third kappa shape index (κ3) is 7.51. The van der Waals surface area contributed by atoms with Gasteiger partial charge in [0.1, 0.15) is 23.7 Å². The van der Waals surface area contributed by atoms with Crippen LogP contribution in [0.15, 0.2) is 57.3 Å². The van der Waals surface area contributed by atoms with Crippen molar-refractivity contribution < 1.29 is 27.9 Å². The zero-order chi connectivity index (χ0) is 22.8. The fourth-order valence-electron chi connectivity index (χ4n) is 3.52. The number of hydrogen-bond donors (Lipinski definition) is 0. The minimum Gasteiger partial charge on any atom is -0.459 e. The van der Waals surface area contributed by atoms with Gasteiger partial charge >= 0.3 is 11.9 Å². The largest absolute Gasteiger partial charge is 0.459 e. The molecule has 1 aliphatic heterocycles. The highest BCUT2D eigenvalue weighted by molar-refractivity contribution is 5.88. The summed E-state index contributed by atoms with van der Waals surface area (Å²) in [5, 5.41) is 0. The molecular weight excluding hydrogens is 412 g/mol. The Balaban J connectivity index is 1.69. The summed E-state index contributed by atoms with van der Waals surface area (Å²) in [4.78, 5) is 33.0. The number of ether oxygens (including phenoxy) is 2. The van der Waals surface area contributed by atoms with Gasteiger partial charge in [-0.1, -0.05) is 12.2 Å². The number of carbonyl (C=O) groups excluding carboxylic acids is 2. The van der Waals surface area contributed by atoms with Crippen LogP contribution in [0.2, 0.25) is 0 Å². The maximum absolute atomic E-state index is 12.6. The normalized spacial score (nSPS) is 21.9. The van der Waals surface area contributed by atoms with Crippen molar-refractivity contribution in [1.29, 1.82) is 0 Å². The molecule has 0 saturated heterocycles. The van der Waals surface area contributed by atoms with Gasteiger partial charge in [0, 0.05) is 24.0 Å². The Kier molecular flexibility index (Phi) is 8.83. The van der Waals surface area contributed by atoms with E-state index >= 15 is 0 Å². The molecule has 172 valence electrons. The van der Waals surface area contributed by atoms with Crippen molar-refractivity contribution in [3.05, 3.63) is 60.0 Å². The van der Waals surface area contributed by atoms with Gasteiger partial charge in [-0.2, -0.15) is 0 Å². The molecule has 2 atom stereocenters. The van der Waals surface area contributed by atoms with E-state index in [0.29, 0.717) is 61.2 Å². The summed E-state index contributed by atoms with van der Waals surface area (Å²) >= 11 is 0. The fraction of sp³-hybridized carbons (Fsp3) is 0.500. The molecule has 0 aromatic carbocycles. The molecule has 0 N–H and O–H groups in total. The van der Waals surface area contributed by atoms with Gasteiger partial charge < -0.3 is 18.3 Å². The number of nitrogens with zero attached hydrogens (tertiary/aromatic N) is 2.